The summed E-state index contributed by atoms with van der Waals surface area (Å²) in [6, 6.07) is 9.73. The van der Waals surface area contributed by atoms with E-state index >= 15 is 0 Å². The van der Waals surface area contributed by atoms with Crippen LogP contribution in [-0.4, -0.2) is 20.7 Å². The van der Waals surface area contributed by atoms with E-state index in [1.165, 1.54) is 18.2 Å². The van der Waals surface area contributed by atoms with E-state index in [-0.39, 0.29) is 17.1 Å². The second-order valence-electron chi connectivity index (χ2n) is 5.16. The van der Waals surface area contributed by atoms with Crippen LogP contribution in [0.1, 0.15) is 16.1 Å². The van der Waals surface area contributed by atoms with Gasteiger partial charge in [-0.15, -0.1) is 0 Å². The van der Waals surface area contributed by atoms with Crippen molar-refractivity contribution < 1.29 is 9.18 Å². The highest BCUT2D eigenvalue weighted by molar-refractivity contribution is 6.33. The van der Waals surface area contributed by atoms with Crippen molar-refractivity contribution in [2.24, 2.45) is 7.05 Å². The fourth-order valence-electron chi connectivity index (χ4n) is 2.38. The topological polar surface area (TPSA) is 59.8 Å². The van der Waals surface area contributed by atoms with Crippen molar-refractivity contribution in [3.05, 3.63) is 70.9 Å². The van der Waals surface area contributed by atoms with Crippen molar-refractivity contribution in [1.82, 2.24) is 20.1 Å². The molecule has 3 aromatic rings. The number of pyridine rings is 1. The Kier molecular flexibility index (Phi) is 4.57. The van der Waals surface area contributed by atoms with Gasteiger partial charge in [0.25, 0.3) is 5.91 Å². The molecular formula is C17H14ClFN4O. The summed E-state index contributed by atoms with van der Waals surface area (Å²) >= 11 is 5.89. The van der Waals surface area contributed by atoms with E-state index in [0.29, 0.717) is 5.69 Å². The van der Waals surface area contributed by atoms with Crippen molar-refractivity contribution >= 4 is 17.5 Å². The summed E-state index contributed by atoms with van der Waals surface area (Å²) in [5.41, 5.74) is 2.36. The molecular weight excluding hydrogens is 331 g/mol. The van der Waals surface area contributed by atoms with E-state index in [2.05, 4.69) is 15.4 Å². The summed E-state index contributed by atoms with van der Waals surface area (Å²) in [7, 11) is 1.81. The molecule has 0 fully saturated rings. The number of carbonyl (C=O) groups excluding carboxylic acids is 1. The van der Waals surface area contributed by atoms with Crippen molar-refractivity contribution in [1.29, 1.82) is 0 Å². The zero-order chi connectivity index (χ0) is 17.1. The van der Waals surface area contributed by atoms with Gasteiger partial charge in [-0.25, -0.2) is 4.39 Å². The van der Waals surface area contributed by atoms with E-state index in [1.807, 2.05) is 25.2 Å². The van der Waals surface area contributed by atoms with Crippen LogP contribution in [0, 0.1) is 5.82 Å². The monoisotopic (exact) mass is 344 g/mol. The van der Waals surface area contributed by atoms with Gasteiger partial charge in [0.15, 0.2) is 0 Å². The minimum absolute atomic E-state index is 0.0750. The number of aryl methyl sites for hydroxylation is 1. The van der Waals surface area contributed by atoms with Gasteiger partial charge in [0.2, 0.25) is 0 Å². The van der Waals surface area contributed by atoms with Gasteiger partial charge in [0.05, 0.1) is 28.5 Å². The van der Waals surface area contributed by atoms with Crippen LogP contribution in [0.3, 0.4) is 0 Å². The molecule has 122 valence electrons. The van der Waals surface area contributed by atoms with Crippen molar-refractivity contribution in [3.8, 4) is 11.3 Å². The average molecular weight is 345 g/mol. The summed E-state index contributed by atoms with van der Waals surface area (Å²) < 4.78 is 15.5. The molecule has 0 spiro atoms. The van der Waals surface area contributed by atoms with Gasteiger partial charge in [0, 0.05) is 25.0 Å². The summed E-state index contributed by atoms with van der Waals surface area (Å²) in [4.78, 5) is 16.1. The highest BCUT2D eigenvalue weighted by Gasteiger charge is 2.16. The molecule has 0 aliphatic rings. The van der Waals surface area contributed by atoms with Gasteiger partial charge in [-0.2, -0.15) is 5.10 Å². The van der Waals surface area contributed by atoms with E-state index in [0.717, 1.165) is 11.3 Å². The Hall–Kier alpha value is -2.73. The second kappa shape index (κ2) is 6.80. The zero-order valence-corrected chi connectivity index (χ0v) is 13.6. The number of nitrogens with zero attached hydrogens (tertiary/aromatic N) is 3. The van der Waals surface area contributed by atoms with Gasteiger partial charge in [-0.05, 0) is 30.3 Å². The summed E-state index contributed by atoms with van der Waals surface area (Å²) in [6.45, 7) is 0.169. The highest BCUT2D eigenvalue weighted by atomic mass is 35.5. The van der Waals surface area contributed by atoms with Gasteiger partial charge >= 0.3 is 0 Å². The van der Waals surface area contributed by atoms with Crippen molar-refractivity contribution in [3.63, 3.8) is 0 Å². The fourth-order valence-corrected chi connectivity index (χ4v) is 2.63. The van der Waals surface area contributed by atoms with Crippen molar-refractivity contribution in [2.75, 3.05) is 0 Å². The molecule has 0 radical (unpaired) electrons. The summed E-state index contributed by atoms with van der Waals surface area (Å²) in [6.07, 6.45) is 3.40. The zero-order valence-electron chi connectivity index (χ0n) is 12.8. The Morgan fingerprint density at radius 2 is 2.04 bits per heavy atom. The Labute approximate surface area is 143 Å². The molecule has 1 N–H and O–H groups in total. The minimum Gasteiger partial charge on any atom is -0.346 e. The number of hydrogen-bond acceptors (Lipinski definition) is 3. The molecule has 0 aliphatic carbocycles. The molecule has 0 saturated carbocycles. The van der Waals surface area contributed by atoms with Crippen LogP contribution < -0.4 is 5.32 Å². The molecule has 2 heterocycles. The first-order valence-corrected chi connectivity index (χ1v) is 7.59. The third-order valence-electron chi connectivity index (χ3n) is 3.53. The molecule has 7 heteroatoms. The molecule has 2 aromatic heterocycles. The fraction of sp³-hybridized carbons (Fsp3) is 0.118. The maximum atomic E-state index is 13.7. The van der Waals surface area contributed by atoms with E-state index in [9.17, 15) is 9.18 Å². The SMILES string of the molecule is Cn1nc(CNC(=O)c2c(F)cccc2Cl)cc1-c1ccncc1. The van der Waals surface area contributed by atoms with Crippen LogP contribution in [0.25, 0.3) is 11.3 Å². The summed E-state index contributed by atoms with van der Waals surface area (Å²) in [5.74, 6) is -1.23. The Balaban J connectivity index is 1.75. The second-order valence-corrected chi connectivity index (χ2v) is 5.57. The van der Waals surface area contributed by atoms with E-state index < -0.39 is 11.7 Å². The average Bonchev–Trinajstić information content (AvgIpc) is 2.94. The summed E-state index contributed by atoms with van der Waals surface area (Å²) in [5, 5.41) is 7.06. The van der Waals surface area contributed by atoms with Crippen LogP contribution in [0.15, 0.2) is 48.8 Å². The first-order chi connectivity index (χ1) is 11.6. The molecule has 0 atom stereocenters. The molecule has 0 bridgehead atoms. The standard InChI is InChI=1S/C17H14ClFN4O/c1-23-15(11-5-7-20-8-6-11)9-12(22-23)10-21-17(24)16-13(18)3-2-4-14(16)19/h2-9H,10H2,1H3,(H,21,24). The number of carbonyl (C=O) groups is 1. The van der Waals surface area contributed by atoms with Crippen LogP contribution in [0.4, 0.5) is 4.39 Å². The van der Waals surface area contributed by atoms with Crippen LogP contribution in [0.2, 0.25) is 5.02 Å². The van der Waals surface area contributed by atoms with Gasteiger partial charge in [0.1, 0.15) is 5.82 Å². The van der Waals surface area contributed by atoms with Gasteiger partial charge in [-0.3, -0.25) is 14.5 Å². The Bertz CT molecular complexity index is 859. The lowest BCUT2D eigenvalue weighted by atomic mass is 10.2. The lowest BCUT2D eigenvalue weighted by Crippen LogP contribution is -2.24. The molecule has 0 unspecified atom stereocenters. The van der Waals surface area contributed by atoms with Crippen LogP contribution >= 0.6 is 11.6 Å². The normalized spacial score (nSPS) is 10.6. The number of nitrogens with one attached hydrogen (secondary N) is 1. The Morgan fingerprint density at radius 1 is 1.29 bits per heavy atom. The number of aromatic nitrogens is 3. The first-order valence-electron chi connectivity index (χ1n) is 7.22. The quantitative estimate of drug-likeness (QED) is 0.790. The predicted octanol–water partition coefficient (Wildman–Crippen LogP) is 3.20. The predicted molar refractivity (Wildman–Crippen MR) is 89.0 cm³/mol. The lowest BCUT2D eigenvalue weighted by Gasteiger charge is -2.06. The Morgan fingerprint density at radius 3 is 2.75 bits per heavy atom. The maximum Gasteiger partial charge on any atom is 0.256 e. The molecule has 24 heavy (non-hydrogen) atoms. The van der Waals surface area contributed by atoms with Gasteiger partial charge in [-0.1, -0.05) is 17.7 Å². The van der Waals surface area contributed by atoms with Crippen molar-refractivity contribution in [2.45, 2.75) is 6.54 Å². The number of hydrogen-bond donors (Lipinski definition) is 1. The van der Waals surface area contributed by atoms with Gasteiger partial charge < -0.3 is 5.32 Å². The number of halogens is 2. The number of benzene rings is 1. The van der Waals surface area contributed by atoms with Crippen LogP contribution in [0.5, 0.6) is 0 Å². The third-order valence-corrected chi connectivity index (χ3v) is 3.84. The molecule has 0 saturated heterocycles. The lowest BCUT2D eigenvalue weighted by molar-refractivity contribution is 0.0946. The van der Waals surface area contributed by atoms with E-state index in [4.69, 9.17) is 11.6 Å². The number of amides is 1. The molecule has 1 amide bonds. The third kappa shape index (κ3) is 3.28. The largest absolute Gasteiger partial charge is 0.346 e. The van der Waals surface area contributed by atoms with Crippen LogP contribution in [-0.2, 0) is 13.6 Å². The first kappa shape index (κ1) is 16.1. The molecule has 1 aromatic carbocycles. The molecule has 0 aliphatic heterocycles. The van der Waals surface area contributed by atoms with E-state index in [1.54, 1.807) is 17.1 Å². The maximum absolute atomic E-state index is 13.7. The minimum atomic E-state index is -0.654. The molecule has 5 nitrogen and oxygen atoms in total. The smallest absolute Gasteiger partial charge is 0.256 e. The molecule has 3 rings (SSSR count). The highest BCUT2D eigenvalue weighted by Crippen LogP contribution is 2.20. The number of rotatable bonds is 4.